The second kappa shape index (κ2) is 82.3. The van der Waals surface area contributed by atoms with Gasteiger partial charge >= 0.3 is 0 Å². The first kappa shape index (κ1) is 112. The number of carbonyl (C=O) groups excluding carboxylic acids is 2. The molecule has 0 bridgehead atoms. The lowest BCUT2D eigenvalue weighted by Crippen LogP contribution is -2.50. The minimum atomic E-state index is -1.97. The van der Waals surface area contributed by atoms with Gasteiger partial charge in [0, 0.05) is 19.3 Å². The summed E-state index contributed by atoms with van der Waals surface area (Å²) < 4.78 is 36.8. The van der Waals surface area contributed by atoms with Gasteiger partial charge in [-0.2, -0.15) is 0 Å². The Morgan fingerprint density at radius 2 is 0.391 bits per heavy atom. The summed E-state index contributed by atoms with van der Waals surface area (Å²) in [7, 11) is 0. The number of hydrogen-bond donors (Lipinski definition) is 0. The normalized spacial score (nSPS) is 21.3. The largest absolute Gasteiger partial charge is 0.547 e. The quantitative estimate of drug-likeness (QED) is 0.0542. The van der Waals surface area contributed by atoms with Crippen LogP contribution < -0.4 is 10.2 Å². The first-order valence-electron chi connectivity index (χ1n) is 52.7. The second-order valence-electron chi connectivity index (χ2n) is 37.9. The smallest absolute Gasteiger partial charge is 0.210 e. The molecule has 0 aromatic carbocycles. The van der Waals surface area contributed by atoms with E-state index in [-0.39, 0.29) is 30.2 Å². The summed E-state index contributed by atoms with van der Waals surface area (Å²) in [6.45, 7) is 22.5. The van der Waals surface area contributed by atoms with E-state index in [9.17, 15) is 19.8 Å². The molecule has 115 heavy (non-hydrogen) atoms. The molecule has 0 N–H and O–H groups in total. The van der Waals surface area contributed by atoms with Gasteiger partial charge in [0.1, 0.15) is 12.1 Å². The van der Waals surface area contributed by atoms with E-state index in [1.54, 1.807) is 0 Å². The molecule has 3 heterocycles. The summed E-state index contributed by atoms with van der Waals surface area (Å²) in [5.41, 5.74) is 0. The Morgan fingerprint density at radius 3 is 0.583 bits per heavy atom. The van der Waals surface area contributed by atoms with E-state index < -0.39 is 29.9 Å². The second-order valence-corrected chi connectivity index (χ2v) is 37.9. The Balaban J connectivity index is 0.000000864. The molecular weight excluding hydrogens is 1420 g/mol. The number of aliphatic carboxylic acids is 2. The van der Waals surface area contributed by atoms with Crippen molar-refractivity contribution < 1.29 is 48.2 Å². The van der Waals surface area contributed by atoms with E-state index in [2.05, 4.69) is 69.2 Å². The molecule has 9 atom stereocenters. The molecule has 686 valence electrons. The van der Waals surface area contributed by atoms with Crippen LogP contribution in [0, 0.1) is 0 Å². The van der Waals surface area contributed by atoms with Crippen molar-refractivity contribution in [2.45, 2.75) is 663 Å². The highest BCUT2D eigenvalue weighted by atomic mass is 16.8. The number of hydrogen-bond acceptors (Lipinski definition) is 10. The van der Waals surface area contributed by atoms with Crippen LogP contribution >= 0.6 is 0 Å². The van der Waals surface area contributed by atoms with Crippen molar-refractivity contribution in [3.05, 3.63) is 0 Å². The Bertz CT molecular complexity index is 1920. The third kappa shape index (κ3) is 66.9. The lowest BCUT2D eigenvalue weighted by Gasteiger charge is -2.29. The van der Waals surface area contributed by atoms with E-state index >= 15 is 0 Å². The zero-order valence-corrected chi connectivity index (χ0v) is 79.4. The Morgan fingerprint density at radius 1 is 0.217 bits per heavy atom. The molecule has 3 rings (SSSR count). The molecule has 3 unspecified atom stereocenters. The van der Waals surface area contributed by atoms with Gasteiger partial charge in [0.2, 0.25) is 5.79 Å². The Kier molecular flexibility index (Phi) is 80.0. The van der Waals surface area contributed by atoms with E-state index in [0.29, 0.717) is 25.0 Å². The van der Waals surface area contributed by atoms with Gasteiger partial charge in [0.25, 0.3) is 0 Å². The first-order chi connectivity index (χ1) is 56.2. The molecule has 0 saturated carbocycles. The van der Waals surface area contributed by atoms with E-state index in [1.807, 2.05) is 0 Å². The van der Waals surface area contributed by atoms with Gasteiger partial charge in [-0.05, 0) is 66.2 Å². The van der Waals surface area contributed by atoms with Crippen LogP contribution in [0.2, 0.25) is 0 Å². The number of unbranched alkanes of at least 4 members (excludes halogenated alkanes) is 72. The molecule has 3 fully saturated rings. The van der Waals surface area contributed by atoms with Gasteiger partial charge in [-0.25, -0.2) is 0 Å². The van der Waals surface area contributed by atoms with Crippen molar-refractivity contribution in [1.29, 1.82) is 0 Å². The van der Waals surface area contributed by atoms with Gasteiger partial charge in [-0.1, -0.05) is 523 Å². The number of ether oxygens (including phenoxy) is 6. The number of rotatable bonds is 86. The molecule has 0 aromatic heterocycles. The maximum Gasteiger partial charge on any atom is 0.210 e. The standard InChI is InChI=1S/C35H66O6.2C35H70O2/c1-3-5-7-9-11-13-15-17-19-21-23-25-27-29-31-32(33(36)37)41-35(40-31,34(38)39)30-28-26-24-22-20-18-16-14-12-10-8-6-4-2;2*1-5-7-9-11-13-15-17-19-21-23-25-27-29-31-34-33(3)36-35(4,37-34)32-30-28-26-24-22-20-18-16-14-12-10-8-6-2/h31-32H,3-30H2,1-2H3,(H,36,37)(H,38,39);2*33-34H,5-32H2,1-4H3/p-2/t;33-,34-,35+;33-,34-,35-/m.00/s1. The van der Waals surface area contributed by atoms with Crippen LogP contribution in [-0.2, 0) is 38.0 Å². The molecule has 0 amide bonds. The zero-order valence-electron chi connectivity index (χ0n) is 79.4. The molecular formula is C105H204O10-2. The molecule has 0 aromatic rings. The fourth-order valence-corrected chi connectivity index (χ4v) is 18.4. The van der Waals surface area contributed by atoms with Crippen molar-refractivity contribution in [3.8, 4) is 0 Å². The third-order valence-corrected chi connectivity index (χ3v) is 26.1. The molecule has 10 nitrogen and oxygen atoms in total. The molecule has 0 radical (unpaired) electrons. The van der Waals surface area contributed by atoms with Crippen molar-refractivity contribution in [3.63, 3.8) is 0 Å². The summed E-state index contributed by atoms with van der Waals surface area (Å²) in [5, 5.41) is 23.7. The maximum absolute atomic E-state index is 12.0. The van der Waals surface area contributed by atoms with Gasteiger partial charge in [-0.15, -0.1) is 0 Å². The predicted octanol–water partition coefficient (Wildman–Crippen LogP) is 32.9. The summed E-state index contributed by atoms with van der Waals surface area (Å²) in [5.74, 6) is -5.52. The van der Waals surface area contributed by atoms with E-state index in [1.165, 1.54) is 469 Å². The maximum atomic E-state index is 12.0. The molecule has 0 aliphatic carbocycles. The summed E-state index contributed by atoms with van der Waals surface area (Å²) in [6.07, 6.45) is 109. The van der Waals surface area contributed by atoms with Crippen molar-refractivity contribution in [2.24, 2.45) is 0 Å². The number of carboxylic acid groups (broad SMARTS) is 2. The van der Waals surface area contributed by atoms with Crippen LogP contribution in [0.5, 0.6) is 0 Å². The van der Waals surface area contributed by atoms with Gasteiger partial charge in [0.05, 0.1) is 36.5 Å². The topological polar surface area (TPSA) is 136 Å². The highest BCUT2D eigenvalue weighted by molar-refractivity contribution is 5.77. The molecule has 3 aliphatic heterocycles. The van der Waals surface area contributed by atoms with Crippen molar-refractivity contribution >= 4 is 11.9 Å². The van der Waals surface area contributed by atoms with Crippen molar-refractivity contribution in [1.82, 2.24) is 0 Å². The minimum absolute atomic E-state index is 0.117. The van der Waals surface area contributed by atoms with Gasteiger partial charge in [0.15, 0.2) is 11.6 Å². The van der Waals surface area contributed by atoms with Crippen molar-refractivity contribution in [2.75, 3.05) is 0 Å². The van der Waals surface area contributed by atoms with E-state index in [4.69, 9.17) is 28.4 Å². The highest BCUT2D eigenvalue weighted by Gasteiger charge is 2.49. The predicted molar refractivity (Wildman–Crippen MR) is 492 cm³/mol. The van der Waals surface area contributed by atoms with Crippen LogP contribution in [-0.4, -0.2) is 65.9 Å². The molecule has 10 heteroatoms. The Hall–Kier alpha value is -1.30. The van der Waals surface area contributed by atoms with Crippen LogP contribution in [0.4, 0.5) is 0 Å². The number of carboxylic acids is 2. The van der Waals surface area contributed by atoms with Crippen LogP contribution in [0.15, 0.2) is 0 Å². The third-order valence-electron chi connectivity index (χ3n) is 26.1. The SMILES string of the molecule is CCCCCCCCCCCCCCCC1OC(CCCCCCCCCCCCCCC)(C(=O)[O-])OC1C(=O)[O-].CCCCCCCCCCCCCCC[C@@H]1O[C@@](C)(CCCCCCCCCCCCCCC)O[C@H]1C.CCCCCCCCCCCCCCC[C@@H]1O[C@](C)(CCCCCCCCCCCCCCC)O[C@H]1C. The summed E-state index contributed by atoms with van der Waals surface area (Å²) in [4.78, 5) is 23.7. The molecule has 0 spiro atoms. The fraction of sp³-hybridized carbons (Fsp3) is 0.981. The molecule has 3 aliphatic rings. The lowest BCUT2D eigenvalue weighted by atomic mass is 10.0. The lowest BCUT2D eigenvalue weighted by molar-refractivity contribution is -0.351. The number of carbonyl (C=O) groups is 2. The van der Waals surface area contributed by atoms with Gasteiger partial charge in [-0.3, -0.25) is 0 Å². The Labute approximate surface area is 718 Å². The van der Waals surface area contributed by atoms with Crippen LogP contribution in [0.1, 0.15) is 609 Å². The fourth-order valence-electron chi connectivity index (χ4n) is 18.4. The highest BCUT2D eigenvalue weighted by Crippen LogP contribution is 2.39. The first-order valence-corrected chi connectivity index (χ1v) is 52.7. The van der Waals surface area contributed by atoms with Crippen LogP contribution in [0.3, 0.4) is 0 Å². The average Bonchev–Trinajstić information content (AvgIpc) is 1.59. The summed E-state index contributed by atoms with van der Waals surface area (Å²) >= 11 is 0. The average molecular weight is 1630 g/mol. The summed E-state index contributed by atoms with van der Waals surface area (Å²) in [6, 6.07) is 0. The minimum Gasteiger partial charge on any atom is -0.547 e. The monoisotopic (exact) mass is 1630 g/mol. The van der Waals surface area contributed by atoms with Gasteiger partial charge < -0.3 is 48.2 Å². The van der Waals surface area contributed by atoms with Crippen LogP contribution in [0.25, 0.3) is 0 Å². The zero-order chi connectivity index (χ0) is 83.8. The van der Waals surface area contributed by atoms with E-state index in [0.717, 1.165) is 51.4 Å². The molecule has 3 saturated heterocycles.